The van der Waals surface area contributed by atoms with Gasteiger partial charge in [0.25, 0.3) is 0 Å². The van der Waals surface area contributed by atoms with Crippen molar-refractivity contribution in [2.75, 3.05) is 0 Å². The predicted molar refractivity (Wildman–Crippen MR) is 59.3 cm³/mol. The van der Waals surface area contributed by atoms with Crippen molar-refractivity contribution in [1.29, 1.82) is 0 Å². The zero-order valence-corrected chi connectivity index (χ0v) is 9.13. The lowest BCUT2D eigenvalue weighted by atomic mass is 10.1. The first-order valence-corrected chi connectivity index (χ1v) is 5.69. The number of aromatic nitrogens is 1. The zero-order valence-electron chi connectivity index (χ0n) is 8.31. The third-order valence-electron chi connectivity index (χ3n) is 2.29. The van der Waals surface area contributed by atoms with E-state index in [9.17, 15) is 0 Å². The van der Waals surface area contributed by atoms with Crippen LogP contribution in [-0.4, -0.2) is 0 Å². The van der Waals surface area contributed by atoms with E-state index in [1.807, 2.05) is 18.4 Å². The van der Waals surface area contributed by atoms with Crippen molar-refractivity contribution in [2.45, 2.75) is 12.8 Å². The molecule has 2 heterocycles. The zero-order chi connectivity index (χ0) is 9.80. The van der Waals surface area contributed by atoms with E-state index in [0.717, 1.165) is 12.8 Å². The second kappa shape index (κ2) is 4.38. The van der Waals surface area contributed by atoms with Crippen molar-refractivity contribution in [3.8, 4) is 0 Å². The van der Waals surface area contributed by atoms with Crippen LogP contribution < -0.4 is 4.57 Å². The molecule has 2 aromatic rings. The molecule has 0 fully saturated rings. The summed E-state index contributed by atoms with van der Waals surface area (Å²) in [4.78, 5) is 1.47. The molecule has 0 aromatic carbocycles. The molecule has 0 saturated carbocycles. The summed E-state index contributed by atoms with van der Waals surface area (Å²) < 4.78 is 2.06. The number of nitrogens with zero attached hydrogens (tertiary/aromatic N) is 1. The van der Waals surface area contributed by atoms with Crippen molar-refractivity contribution in [1.82, 2.24) is 0 Å². The van der Waals surface area contributed by atoms with Gasteiger partial charge in [0.15, 0.2) is 12.4 Å². The molecule has 0 aliphatic carbocycles. The molecule has 0 bridgehead atoms. The van der Waals surface area contributed by atoms with E-state index >= 15 is 0 Å². The van der Waals surface area contributed by atoms with E-state index in [0.29, 0.717) is 0 Å². The van der Waals surface area contributed by atoms with E-state index in [1.165, 1.54) is 10.4 Å². The van der Waals surface area contributed by atoms with Crippen molar-refractivity contribution in [3.63, 3.8) is 0 Å². The van der Waals surface area contributed by atoms with Gasteiger partial charge in [-0.15, -0.1) is 11.3 Å². The quantitative estimate of drug-likeness (QED) is 0.676. The van der Waals surface area contributed by atoms with Gasteiger partial charge in [0.05, 0.1) is 0 Å². The summed E-state index contributed by atoms with van der Waals surface area (Å²) in [7, 11) is 2.04. The second-order valence-corrected chi connectivity index (χ2v) is 4.48. The number of rotatable bonds is 3. The highest BCUT2D eigenvalue weighted by Crippen LogP contribution is 2.11. The monoisotopic (exact) mass is 204 g/mol. The smallest absolute Gasteiger partial charge is 0.168 e. The topological polar surface area (TPSA) is 3.88 Å². The lowest BCUT2D eigenvalue weighted by Gasteiger charge is -1.97. The van der Waals surface area contributed by atoms with Gasteiger partial charge < -0.3 is 0 Å². The van der Waals surface area contributed by atoms with Gasteiger partial charge in [-0.25, -0.2) is 4.57 Å². The highest BCUT2D eigenvalue weighted by molar-refractivity contribution is 7.09. The molecule has 0 spiro atoms. The van der Waals surface area contributed by atoms with Crippen LogP contribution in [0.2, 0.25) is 0 Å². The molecular formula is C12H14NS+. The number of aryl methyl sites for hydroxylation is 3. The molecule has 0 N–H and O–H groups in total. The maximum atomic E-state index is 2.20. The van der Waals surface area contributed by atoms with Crippen LogP contribution in [0, 0.1) is 0 Å². The Hall–Kier alpha value is -1.15. The summed E-state index contributed by atoms with van der Waals surface area (Å²) in [6.07, 6.45) is 6.50. The summed E-state index contributed by atoms with van der Waals surface area (Å²) in [5.74, 6) is 0. The fourth-order valence-electron chi connectivity index (χ4n) is 1.42. The Balaban J connectivity index is 1.95. The Morgan fingerprint density at radius 1 is 1.14 bits per heavy atom. The molecule has 2 heteroatoms. The van der Waals surface area contributed by atoms with Crippen LogP contribution >= 0.6 is 11.3 Å². The molecule has 14 heavy (non-hydrogen) atoms. The second-order valence-electron chi connectivity index (χ2n) is 3.45. The molecule has 0 unspecified atom stereocenters. The first-order chi connectivity index (χ1) is 6.84. The Morgan fingerprint density at radius 2 is 1.93 bits per heavy atom. The highest BCUT2D eigenvalue weighted by atomic mass is 32.1. The van der Waals surface area contributed by atoms with Crippen molar-refractivity contribution in [2.24, 2.45) is 7.05 Å². The SMILES string of the molecule is C[n+]1ccc(CCc2cccs2)cc1. The first-order valence-electron chi connectivity index (χ1n) is 4.81. The Labute approximate surface area is 88.7 Å². The molecular weight excluding hydrogens is 190 g/mol. The minimum Gasteiger partial charge on any atom is -0.208 e. The van der Waals surface area contributed by atoms with E-state index < -0.39 is 0 Å². The summed E-state index contributed by atoms with van der Waals surface area (Å²) >= 11 is 1.84. The van der Waals surface area contributed by atoms with Gasteiger partial charge in [-0.05, 0) is 29.9 Å². The molecule has 0 aliphatic rings. The fourth-order valence-corrected chi connectivity index (χ4v) is 2.13. The van der Waals surface area contributed by atoms with Gasteiger partial charge in [0.2, 0.25) is 0 Å². The average molecular weight is 204 g/mol. The fraction of sp³-hybridized carbons (Fsp3) is 0.250. The number of thiophene rings is 1. The van der Waals surface area contributed by atoms with Gasteiger partial charge in [-0.1, -0.05) is 6.07 Å². The van der Waals surface area contributed by atoms with E-state index in [1.54, 1.807) is 0 Å². The maximum absolute atomic E-state index is 2.20. The third kappa shape index (κ3) is 2.42. The van der Waals surface area contributed by atoms with Gasteiger partial charge in [0.1, 0.15) is 7.05 Å². The molecule has 0 atom stereocenters. The predicted octanol–water partition coefficient (Wildman–Crippen LogP) is 2.36. The van der Waals surface area contributed by atoms with Crippen molar-refractivity contribution >= 4 is 11.3 Å². The molecule has 0 saturated heterocycles. The van der Waals surface area contributed by atoms with Gasteiger partial charge in [0, 0.05) is 17.0 Å². The highest BCUT2D eigenvalue weighted by Gasteiger charge is 1.98. The summed E-state index contributed by atoms with van der Waals surface area (Å²) in [5, 5.41) is 2.14. The number of hydrogen-bond acceptors (Lipinski definition) is 1. The van der Waals surface area contributed by atoms with Crippen LogP contribution in [0.25, 0.3) is 0 Å². The Kier molecular flexibility index (Phi) is 2.94. The third-order valence-corrected chi connectivity index (χ3v) is 3.22. The van der Waals surface area contributed by atoms with Crippen LogP contribution in [0.3, 0.4) is 0 Å². The van der Waals surface area contributed by atoms with Crippen LogP contribution in [0.15, 0.2) is 42.0 Å². The van der Waals surface area contributed by atoms with Crippen LogP contribution in [0.5, 0.6) is 0 Å². The molecule has 0 amide bonds. The maximum Gasteiger partial charge on any atom is 0.168 e. The lowest BCUT2D eigenvalue weighted by molar-refractivity contribution is -0.671. The lowest BCUT2D eigenvalue weighted by Crippen LogP contribution is -2.25. The largest absolute Gasteiger partial charge is 0.208 e. The van der Waals surface area contributed by atoms with Gasteiger partial charge >= 0.3 is 0 Å². The molecule has 0 aliphatic heterocycles. The number of pyridine rings is 1. The Bertz CT molecular complexity index is 375. The van der Waals surface area contributed by atoms with Gasteiger partial charge in [-0.3, -0.25) is 0 Å². The minimum absolute atomic E-state index is 1.14. The van der Waals surface area contributed by atoms with Crippen LogP contribution in [0.1, 0.15) is 10.4 Å². The minimum atomic E-state index is 1.14. The Morgan fingerprint density at radius 3 is 2.57 bits per heavy atom. The van der Waals surface area contributed by atoms with E-state index in [4.69, 9.17) is 0 Å². The average Bonchev–Trinajstić information content (AvgIpc) is 2.70. The summed E-state index contributed by atoms with van der Waals surface area (Å²) in [6, 6.07) is 8.69. The van der Waals surface area contributed by atoms with Crippen molar-refractivity contribution < 1.29 is 4.57 Å². The van der Waals surface area contributed by atoms with Crippen LogP contribution in [0.4, 0.5) is 0 Å². The normalized spacial score (nSPS) is 10.4. The van der Waals surface area contributed by atoms with Crippen LogP contribution in [-0.2, 0) is 19.9 Å². The molecule has 2 aromatic heterocycles. The van der Waals surface area contributed by atoms with Gasteiger partial charge in [-0.2, -0.15) is 0 Å². The molecule has 1 nitrogen and oxygen atoms in total. The van der Waals surface area contributed by atoms with Crippen molar-refractivity contribution in [3.05, 3.63) is 52.5 Å². The number of hydrogen-bond donors (Lipinski definition) is 0. The molecule has 2 rings (SSSR count). The standard InChI is InChI=1S/C12H14NS/c1-13-8-6-11(7-9-13)4-5-12-3-2-10-14-12/h2-3,6-10H,4-5H2,1H3/q+1. The summed E-state index contributed by atoms with van der Waals surface area (Å²) in [5.41, 5.74) is 1.41. The van der Waals surface area contributed by atoms with E-state index in [2.05, 4.69) is 46.6 Å². The molecule has 0 radical (unpaired) electrons. The molecule has 72 valence electrons. The van der Waals surface area contributed by atoms with E-state index in [-0.39, 0.29) is 0 Å². The summed E-state index contributed by atoms with van der Waals surface area (Å²) in [6.45, 7) is 0. The first kappa shape index (κ1) is 9.41.